The molecule has 7 heteroatoms. The molecule has 35 heavy (non-hydrogen) atoms. The van der Waals surface area contributed by atoms with E-state index >= 15 is 0 Å². The third kappa shape index (κ3) is 4.52. The van der Waals surface area contributed by atoms with Gasteiger partial charge in [-0.05, 0) is 67.9 Å². The topological polar surface area (TPSA) is 72.2 Å². The SMILES string of the molecule is COc1ccc(C2c3c(oc4ccc(C(C)(C)C)cc4c3=O)C(=O)N2CCCN(C)C)cc1OC. The molecule has 1 aromatic heterocycles. The van der Waals surface area contributed by atoms with Crippen molar-refractivity contribution in [2.75, 3.05) is 41.4 Å². The van der Waals surface area contributed by atoms with Gasteiger partial charge in [0.2, 0.25) is 5.76 Å². The highest BCUT2D eigenvalue weighted by Crippen LogP contribution is 2.41. The first-order valence-electron chi connectivity index (χ1n) is 11.9. The highest BCUT2D eigenvalue weighted by Gasteiger charge is 2.42. The van der Waals surface area contributed by atoms with E-state index in [0.717, 1.165) is 24.1 Å². The summed E-state index contributed by atoms with van der Waals surface area (Å²) in [5.74, 6) is 0.979. The van der Waals surface area contributed by atoms with Crippen LogP contribution >= 0.6 is 0 Å². The molecule has 2 heterocycles. The van der Waals surface area contributed by atoms with E-state index < -0.39 is 6.04 Å². The molecule has 0 aliphatic carbocycles. The Hall–Kier alpha value is -3.32. The zero-order valence-corrected chi connectivity index (χ0v) is 21.6. The van der Waals surface area contributed by atoms with Crippen LogP contribution in [0.3, 0.4) is 0 Å². The Morgan fingerprint density at radius 1 is 1.00 bits per heavy atom. The zero-order valence-electron chi connectivity index (χ0n) is 21.6. The zero-order chi connectivity index (χ0) is 25.5. The lowest BCUT2D eigenvalue weighted by Gasteiger charge is -2.26. The minimum absolute atomic E-state index is 0.121. The minimum atomic E-state index is -0.571. The van der Waals surface area contributed by atoms with Crippen LogP contribution in [0.5, 0.6) is 11.5 Å². The summed E-state index contributed by atoms with van der Waals surface area (Å²) < 4.78 is 17.0. The molecule has 1 atom stereocenters. The average molecular weight is 479 g/mol. The first-order valence-corrected chi connectivity index (χ1v) is 11.9. The van der Waals surface area contributed by atoms with Gasteiger partial charge in [0.05, 0.1) is 31.2 Å². The maximum atomic E-state index is 13.9. The number of benzene rings is 2. The van der Waals surface area contributed by atoms with E-state index in [1.165, 1.54) is 0 Å². The first-order chi connectivity index (χ1) is 16.6. The van der Waals surface area contributed by atoms with Crippen molar-refractivity contribution in [1.29, 1.82) is 0 Å². The number of fused-ring (bicyclic) bond motifs is 2. The number of rotatable bonds is 7. The third-order valence-electron chi connectivity index (χ3n) is 6.56. The van der Waals surface area contributed by atoms with E-state index in [-0.39, 0.29) is 22.5 Å². The number of hydrogen-bond acceptors (Lipinski definition) is 6. The van der Waals surface area contributed by atoms with Crippen LogP contribution in [0.1, 0.15) is 60.5 Å². The molecule has 186 valence electrons. The second kappa shape index (κ2) is 9.38. The van der Waals surface area contributed by atoms with Gasteiger partial charge in [0.15, 0.2) is 16.9 Å². The molecule has 0 N–H and O–H groups in total. The summed E-state index contributed by atoms with van der Waals surface area (Å²) in [6.45, 7) is 7.61. The highest BCUT2D eigenvalue weighted by molar-refractivity contribution is 5.99. The van der Waals surface area contributed by atoms with Crippen LogP contribution in [0.25, 0.3) is 11.0 Å². The normalized spacial score (nSPS) is 15.7. The number of amides is 1. The Balaban J connectivity index is 1.92. The number of ether oxygens (including phenoxy) is 2. The Labute approximate surface area is 206 Å². The van der Waals surface area contributed by atoms with Crippen molar-refractivity contribution < 1.29 is 18.7 Å². The van der Waals surface area contributed by atoms with Crippen LogP contribution in [0.15, 0.2) is 45.6 Å². The number of nitrogens with zero attached hydrogens (tertiary/aromatic N) is 2. The molecule has 0 bridgehead atoms. The van der Waals surface area contributed by atoms with E-state index in [2.05, 4.69) is 25.7 Å². The molecular weight excluding hydrogens is 444 g/mol. The summed E-state index contributed by atoms with van der Waals surface area (Å²) in [6.07, 6.45) is 0.762. The van der Waals surface area contributed by atoms with Gasteiger partial charge >= 0.3 is 0 Å². The van der Waals surface area contributed by atoms with Crippen molar-refractivity contribution in [1.82, 2.24) is 9.80 Å². The second-order valence-corrected chi connectivity index (χ2v) is 10.3. The summed E-state index contributed by atoms with van der Waals surface area (Å²) in [4.78, 5) is 31.3. The van der Waals surface area contributed by atoms with E-state index in [4.69, 9.17) is 13.9 Å². The summed E-state index contributed by atoms with van der Waals surface area (Å²) in [7, 11) is 7.14. The maximum absolute atomic E-state index is 13.9. The largest absolute Gasteiger partial charge is 0.493 e. The van der Waals surface area contributed by atoms with E-state index in [1.807, 2.05) is 38.4 Å². The van der Waals surface area contributed by atoms with Gasteiger partial charge in [0.25, 0.3) is 5.91 Å². The molecule has 1 aliphatic rings. The fourth-order valence-electron chi connectivity index (χ4n) is 4.64. The van der Waals surface area contributed by atoms with Crippen molar-refractivity contribution in [2.45, 2.75) is 38.6 Å². The molecule has 1 amide bonds. The van der Waals surface area contributed by atoms with Crippen molar-refractivity contribution in [3.05, 3.63) is 69.1 Å². The van der Waals surface area contributed by atoms with E-state index in [1.54, 1.807) is 31.3 Å². The number of carbonyl (C=O) groups excluding carboxylic acids is 1. The Morgan fingerprint density at radius 3 is 2.34 bits per heavy atom. The quantitative estimate of drug-likeness (QED) is 0.494. The average Bonchev–Trinajstić information content (AvgIpc) is 3.09. The van der Waals surface area contributed by atoms with Crippen LogP contribution < -0.4 is 14.9 Å². The van der Waals surface area contributed by atoms with Crippen LogP contribution in [-0.2, 0) is 5.41 Å². The van der Waals surface area contributed by atoms with Gasteiger partial charge in [-0.15, -0.1) is 0 Å². The molecular formula is C28H34N2O5. The van der Waals surface area contributed by atoms with Crippen molar-refractivity contribution in [2.24, 2.45) is 0 Å². The van der Waals surface area contributed by atoms with Gasteiger partial charge in [-0.25, -0.2) is 0 Å². The van der Waals surface area contributed by atoms with E-state index in [0.29, 0.717) is 34.6 Å². The molecule has 0 spiro atoms. The number of carbonyl (C=O) groups is 1. The number of hydrogen-bond donors (Lipinski definition) is 0. The Bertz CT molecular complexity index is 1320. The molecule has 0 saturated heterocycles. The van der Waals surface area contributed by atoms with Crippen LogP contribution in [-0.4, -0.2) is 57.1 Å². The lowest BCUT2D eigenvalue weighted by atomic mass is 9.86. The third-order valence-corrected chi connectivity index (χ3v) is 6.56. The smallest absolute Gasteiger partial charge is 0.290 e. The maximum Gasteiger partial charge on any atom is 0.290 e. The van der Waals surface area contributed by atoms with Gasteiger partial charge < -0.3 is 23.7 Å². The second-order valence-electron chi connectivity index (χ2n) is 10.3. The van der Waals surface area contributed by atoms with Crippen LogP contribution in [0.4, 0.5) is 0 Å². The molecule has 0 fully saturated rings. The van der Waals surface area contributed by atoms with Crippen LogP contribution in [0.2, 0.25) is 0 Å². The monoisotopic (exact) mass is 478 g/mol. The van der Waals surface area contributed by atoms with Gasteiger partial charge in [0.1, 0.15) is 5.58 Å². The van der Waals surface area contributed by atoms with Crippen molar-refractivity contribution >= 4 is 16.9 Å². The molecule has 4 rings (SSSR count). The minimum Gasteiger partial charge on any atom is -0.493 e. The summed E-state index contributed by atoms with van der Waals surface area (Å²) >= 11 is 0. The lowest BCUT2D eigenvalue weighted by Crippen LogP contribution is -2.32. The fourth-order valence-corrected chi connectivity index (χ4v) is 4.64. The first kappa shape index (κ1) is 24.8. The predicted octanol–water partition coefficient (Wildman–Crippen LogP) is 4.60. The Morgan fingerprint density at radius 2 is 1.71 bits per heavy atom. The van der Waals surface area contributed by atoms with Crippen LogP contribution in [0, 0.1) is 0 Å². The van der Waals surface area contributed by atoms with Crippen molar-refractivity contribution in [3.63, 3.8) is 0 Å². The molecule has 1 aliphatic heterocycles. The van der Waals surface area contributed by atoms with Gasteiger partial charge in [-0.1, -0.05) is 32.9 Å². The summed E-state index contributed by atoms with van der Waals surface area (Å²) in [5, 5.41) is 0.490. The fraction of sp³-hybridized carbons (Fsp3) is 0.429. The predicted molar refractivity (Wildman–Crippen MR) is 137 cm³/mol. The molecule has 3 aromatic rings. The number of methoxy groups -OCH3 is 2. The Kier molecular flexibility index (Phi) is 6.64. The molecule has 1 unspecified atom stereocenters. The summed E-state index contributed by atoms with van der Waals surface area (Å²) in [5.41, 5.74) is 2.32. The molecule has 7 nitrogen and oxygen atoms in total. The van der Waals surface area contributed by atoms with E-state index in [9.17, 15) is 9.59 Å². The summed E-state index contributed by atoms with van der Waals surface area (Å²) in [6, 6.07) is 10.6. The highest BCUT2D eigenvalue weighted by atomic mass is 16.5. The van der Waals surface area contributed by atoms with Gasteiger partial charge in [-0.3, -0.25) is 9.59 Å². The standard InChI is InChI=1S/C28H34N2O5/c1-28(2,3)18-10-12-20-19(16-18)25(31)23-24(17-9-11-21(33-6)22(15-17)34-7)30(14-8-13-29(4)5)27(32)26(23)35-20/h9-12,15-16,24H,8,13-14H2,1-7H3. The van der Waals surface area contributed by atoms with Gasteiger partial charge in [0, 0.05) is 6.54 Å². The molecule has 2 aromatic carbocycles. The van der Waals surface area contributed by atoms with Crippen molar-refractivity contribution in [3.8, 4) is 11.5 Å². The molecule has 0 saturated carbocycles. The lowest BCUT2D eigenvalue weighted by molar-refractivity contribution is 0.0722. The van der Waals surface area contributed by atoms with Gasteiger partial charge in [-0.2, -0.15) is 0 Å². The molecule has 0 radical (unpaired) electrons.